The van der Waals surface area contributed by atoms with Gasteiger partial charge in [-0.1, -0.05) is 27.5 Å². The fraction of sp³-hybridized carbons (Fsp3) is 0.375. The summed E-state index contributed by atoms with van der Waals surface area (Å²) < 4.78 is 0.149. The predicted molar refractivity (Wildman–Crippen MR) is 56.7 cm³/mol. The molecule has 12 heavy (non-hydrogen) atoms. The van der Waals surface area contributed by atoms with Gasteiger partial charge < -0.3 is 0 Å². The molecule has 4 heteroatoms. The Hall–Kier alpha value is 0.140. The minimum atomic E-state index is -0.499. The first-order chi connectivity index (χ1) is 5.41. The van der Waals surface area contributed by atoms with Gasteiger partial charge in [-0.05, 0) is 26.0 Å². The number of carbonyl (C=O) groups is 1. The molecule has 1 heterocycles. The van der Waals surface area contributed by atoms with Gasteiger partial charge in [0.05, 0.1) is 13.5 Å². The van der Waals surface area contributed by atoms with Gasteiger partial charge >= 0.3 is 0 Å². The lowest BCUT2D eigenvalue weighted by atomic mass is 10.1. The Balaban J connectivity index is 2.93. The van der Waals surface area contributed by atoms with E-state index in [0.717, 1.165) is 0 Å². The van der Waals surface area contributed by atoms with Crippen molar-refractivity contribution < 1.29 is 4.79 Å². The summed E-state index contributed by atoms with van der Waals surface area (Å²) >= 11 is 10.3. The van der Waals surface area contributed by atoms with E-state index in [-0.39, 0.29) is 5.78 Å². The molecular formula is C8H8BrClOS. The number of hydrogen-bond acceptors (Lipinski definition) is 2. The first-order valence-corrected chi connectivity index (χ1v) is 5.39. The van der Waals surface area contributed by atoms with Gasteiger partial charge in [0.25, 0.3) is 0 Å². The number of Topliss-reactive ketones (excluding diaryl/α,β-unsaturated/α-hetero) is 1. The second-order valence-corrected chi connectivity index (χ2v) is 6.60. The van der Waals surface area contributed by atoms with Gasteiger partial charge in [-0.3, -0.25) is 4.79 Å². The van der Waals surface area contributed by atoms with Crippen molar-refractivity contribution in [3.63, 3.8) is 0 Å². The van der Waals surface area contributed by atoms with Crippen LogP contribution in [0.4, 0.5) is 0 Å². The van der Waals surface area contributed by atoms with Crippen molar-refractivity contribution in [3.8, 4) is 0 Å². The third-order valence-corrected chi connectivity index (χ3v) is 2.93. The third-order valence-electron chi connectivity index (χ3n) is 1.34. The molecule has 0 atom stereocenters. The van der Waals surface area contributed by atoms with Gasteiger partial charge in [0.1, 0.15) is 0 Å². The second kappa shape index (κ2) is 3.48. The number of ketones is 1. The summed E-state index contributed by atoms with van der Waals surface area (Å²) in [5.41, 5.74) is 0. The summed E-state index contributed by atoms with van der Waals surface area (Å²) in [7, 11) is 0. The number of rotatable bonds is 2. The fourth-order valence-corrected chi connectivity index (χ4v) is 2.22. The van der Waals surface area contributed by atoms with Crippen LogP contribution in [0.3, 0.4) is 0 Å². The van der Waals surface area contributed by atoms with E-state index in [1.54, 1.807) is 12.1 Å². The highest BCUT2D eigenvalue weighted by Crippen LogP contribution is 2.28. The maximum atomic E-state index is 11.6. The van der Waals surface area contributed by atoms with E-state index in [4.69, 9.17) is 11.6 Å². The summed E-state index contributed by atoms with van der Waals surface area (Å²) in [6, 6.07) is 3.48. The molecule has 1 aromatic rings. The molecule has 0 aromatic carbocycles. The summed E-state index contributed by atoms with van der Waals surface area (Å²) in [5.74, 6) is 0.0689. The zero-order valence-electron chi connectivity index (χ0n) is 6.73. The van der Waals surface area contributed by atoms with Crippen molar-refractivity contribution >= 4 is 44.7 Å². The highest BCUT2D eigenvalue weighted by atomic mass is 79.9. The monoisotopic (exact) mass is 266 g/mol. The Labute approximate surface area is 88.9 Å². The standard InChI is InChI=1S/C8H8BrClOS/c1-8(2,9)7(11)5-3-4-6(10)12-5/h3-4H,1-2H3. The SMILES string of the molecule is CC(C)(Br)C(=O)c1ccc(Cl)s1. The summed E-state index contributed by atoms with van der Waals surface area (Å²) in [5, 5.41) is 0. The maximum absolute atomic E-state index is 11.6. The zero-order valence-corrected chi connectivity index (χ0v) is 9.89. The minimum Gasteiger partial charge on any atom is -0.292 e. The van der Waals surface area contributed by atoms with Crippen LogP contribution >= 0.6 is 38.9 Å². The fourth-order valence-electron chi connectivity index (χ4n) is 0.729. The van der Waals surface area contributed by atoms with Crippen molar-refractivity contribution in [2.75, 3.05) is 0 Å². The van der Waals surface area contributed by atoms with E-state index >= 15 is 0 Å². The van der Waals surface area contributed by atoms with Crippen molar-refractivity contribution in [1.29, 1.82) is 0 Å². The zero-order chi connectivity index (χ0) is 9.35. The molecule has 0 unspecified atom stereocenters. The van der Waals surface area contributed by atoms with Crippen molar-refractivity contribution in [2.24, 2.45) is 0 Å². The smallest absolute Gasteiger partial charge is 0.188 e. The molecule has 0 saturated heterocycles. The molecule has 0 aliphatic rings. The molecule has 0 aliphatic heterocycles. The van der Waals surface area contributed by atoms with E-state index in [1.807, 2.05) is 13.8 Å². The Morgan fingerprint density at radius 2 is 2.17 bits per heavy atom. The van der Waals surface area contributed by atoms with E-state index in [1.165, 1.54) is 11.3 Å². The van der Waals surface area contributed by atoms with E-state index in [0.29, 0.717) is 9.21 Å². The van der Waals surface area contributed by atoms with Crippen molar-refractivity contribution in [1.82, 2.24) is 0 Å². The molecule has 0 N–H and O–H groups in total. The first kappa shape index (κ1) is 10.2. The van der Waals surface area contributed by atoms with Gasteiger partial charge in [-0.2, -0.15) is 0 Å². The molecule has 0 aliphatic carbocycles. The second-order valence-electron chi connectivity index (χ2n) is 2.91. The van der Waals surface area contributed by atoms with Crippen LogP contribution in [0.2, 0.25) is 4.34 Å². The van der Waals surface area contributed by atoms with Crippen LogP contribution < -0.4 is 0 Å². The molecular weight excluding hydrogens is 260 g/mol. The Bertz CT molecular complexity index is 300. The Morgan fingerprint density at radius 1 is 1.58 bits per heavy atom. The van der Waals surface area contributed by atoms with Gasteiger partial charge in [0, 0.05) is 0 Å². The lowest BCUT2D eigenvalue weighted by Gasteiger charge is -2.12. The first-order valence-electron chi connectivity index (χ1n) is 3.40. The van der Waals surface area contributed by atoms with Gasteiger partial charge in [-0.25, -0.2) is 0 Å². The summed E-state index contributed by atoms with van der Waals surface area (Å²) in [6.07, 6.45) is 0. The van der Waals surface area contributed by atoms with Crippen molar-refractivity contribution in [3.05, 3.63) is 21.3 Å². The predicted octanol–water partition coefficient (Wildman–Crippen LogP) is 3.76. The Kier molecular flexibility index (Phi) is 2.97. The average molecular weight is 268 g/mol. The van der Waals surface area contributed by atoms with Crippen molar-refractivity contribution in [2.45, 2.75) is 18.2 Å². The van der Waals surface area contributed by atoms with Crippen LogP contribution in [0.25, 0.3) is 0 Å². The molecule has 0 radical (unpaired) electrons. The van der Waals surface area contributed by atoms with E-state index in [2.05, 4.69) is 15.9 Å². The van der Waals surface area contributed by atoms with E-state index in [9.17, 15) is 4.79 Å². The highest BCUT2D eigenvalue weighted by Gasteiger charge is 2.25. The normalized spacial score (nSPS) is 11.7. The molecule has 0 amide bonds. The maximum Gasteiger partial charge on any atom is 0.188 e. The molecule has 66 valence electrons. The molecule has 1 aromatic heterocycles. The van der Waals surface area contributed by atoms with Crippen LogP contribution in [0.15, 0.2) is 12.1 Å². The third kappa shape index (κ3) is 2.31. The summed E-state index contributed by atoms with van der Waals surface area (Å²) in [6.45, 7) is 3.64. The van der Waals surface area contributed by atoms with Crippen LogP contribution in [-0.4, -0.2) is 10.1 Å². The van der Waals surface area contributed by atoms with Crippen LogP contribution in [-0.2, 0) is 0 Å². The average Bonchev–Trinajstić information content (AvgIpc) is 2.32. The number of halogens is 2. The van der Waals surface area contributed by atoms with Crippen LogP contribution in [0.5, 0.6) is 0 Å². The largest absolute Gasteiger partial charge is 0.292 e. The minimum absolute atomic E-state index is 0.0689. The topological polar surface area (TPSA) is 17.1 Å². The number of thiophene rings is 1. The lowest BCUT2D eigenvalue weighted by Crippen LogP contribution is -2.22. The van der Waals surface area contributed by atoms with E-state index < -0.39 is 4.32 Å². The number of carbonyl (C=O) groups excluding carboxylic acids is 1. The van der Waals surface area contributed by atoms with Gasteiger partial charge in [0.2, 0.25) is 0 Å². The molecule has 1 nitrogen and oxygen atoms in total. The molecule has 0 fully saturated rings. The molecule has 0 saturated carbocycles. The molecule has 0 spiro atoms. The number of alkyl halides is 1. The highest BCUT2D eigenvalue weighted by molar-refractivity contribution is 9.10. The lowest BCUT2D eigenvalue weighted by molar-refractivity contribution is 0.0965. The molecule has 0 bridgehead atoms. The van der Waals surface area contributed by atoms with Crippen LogP contribution in [0, 0.1) is 0 Å². The van der Waals surface area contributed by atoms with Crippen LogP contribution in [0.1, 0.15) is 23.5 Å². The van der Waals surface area contributed by atoms with Gasteiger partial charge in [0.15, 0.2) is 5.78 Å². The van der Waals surface area contributed by atoms with Gasteiger partial charge in [-0.15, -0.1) is 11.3 Å². The number of hydrogen-bond donors (Lipinski definition) is 0. The molecule has 1 rings (SSSR count). The summed E-state index contributed by atoms with van der Waals surface area (Å²) in [4.78, 5) is 12.3. The Morgan fingerprint density at radius 3 is 2.50 bits per heavy atom. The quantitative estimate of drug-likeness (QED) is 0.589.